The molecule has 3 heterocycles. The van der Waals surface area contributed by atoms with E-state index in [-0.39, 0.29) is 31.6 Å². The van der Waals surface area contributed by atoms with Gasteiger partial charge in [-0.05, 0) is 76.8 Å². The zero-order chi connectivity index (χ0) is 29.1. The minimum Gasteiger partial charge on any atom is -0.465 e. The molecule has 40 heavy (non-hydrogen) atoms. The molecule has 0 aliphatic carbocycles. The molecule has 3 saturated heterocycles. The number of carbonyl (C=O) groups is 3. The van der Waals surface area contributed by atoms with Crippen molar-refractivity contribution in [1.82, 2.24) is 4.90 Å². The maximum atomic E-state index is 14.7. The fourth-order valence-corrected chi connectivity index (χ4v) is 7.16. The molecule has 2 amide bonds. The minimum absolute atomic E-state index is 0.0732. The number of anilines is 1. The maximum absolute atomic E-state index is 14.7. The Hall–Kier alpha value is -2.97. The molecule has 2 unspecified atom stereocenters. The second-order valence-electron chi connectivity index (χ2n) is 11.6. The fourth-order valence-electron chi connectivity index (χ4n) is 7.16. The van der Waals surface area contributed by atoms with E-state index >= 15 is 0 Å². The molecule has 1 N–H and O–H groups in total. The van der Waals surface area contributed by atoms with Crippen molar-refractivity contribution in [1.29, 1.82) is 0 Å². The largest absolute Gasteiger partial charge is 0.465 e. The lowest BCUT2D eigenvalue weighted by atomic mass is 9.66. The van der Waals surface area contributed by atoms with Crippen LogP contribution in [-0.4, -0.2) is 71.3 Å². The summed E-state index contributed by atoms with van der Waals surface area (Å²) < 4.78 is 12.4. The van der Waals surface area contributed by atoms with Crippen molar-refractivity contribution in [3.05, 3.63) is 54.6 Å². The second-order valence-corrected chi connectivity index (χ2v) is 11.6. The molecular formula is C32H44N2O6. The molecule has 3 aliphatic rings. The highest BCUT2D eigenvalue weighted by atomic mass is 16.6. The van der Waals surface area contributed by atoms with E-state index in [1.165, 1.54) is 0 Å². The van der Waals surface area contributed by atoms with Gasteiger partial charge >= 0.3 is 5.97 Å². The van der Waals surface area contributed by atoms with Crippen LogP contribution < -0.4 is 4.90 Å². The van der Waals surface area contributed by atoms with Crippen molar-refractivity contribution < 1.29 is 29.0 Å². The lowest BCUT2D eigenvalue weighted by molar-refractivity contribution is -0.159. The normalized spacial score (nSPS) is 28.4. The number of amides is 2. The van der Waals surface area contributed by atoms with Crippen LogP contribution in [0.5, 0.6) is 0 Å². The zero-order valence-corrected chi connectivity index (χ0v) is 24.2. The second kappa shape index (κ2) is 12.3. The SMILES string of the molecule is C=CCCCOC(=O)[C@@H]1[C@H]2C(=O)N(CCCCCO)C(C(=O)N(CC=C)c3c(C)cccc3C)C23CC[C@@]1(C)O3. The van der Waals surface area contributed by atoms with Crippen LogP contribution in [-0.2, 0) is 23.9 Å². The predicted molar refractivity (Wildman–Crippen MR) is 154 cm³/mol. The number of allylic oxidation sites excluding steroid dienone is 1. The van der Waals surface area contributed by atoms with Crippen LogP contribution in [0.3, 0.4) is 0 Å². The predicted octanol–water partition coefficient (Wildman–Crippen LogP) is 4.26. The number of hydrogen-bond acceptors (Lipinski definition) is 6. The summed E-state index contributed by atoms with van der Waals surface area (Å²) in [6.45, 7) is 14.4. The van der Waals surface area contributed by atoms with Crippen molar-refractivity contribution >= 4 is 23.5 Å². The van der Waals surface area contributed by atoms with E-state index < -0.39 is 35.0 Å². The molecule has 2 bridgehead atoms. The lowest BCUT2D eigenvalue weighted by Crippen LogP contribution is -2.56. The average Bonchev–Trinajstić information content (AvgIpc) is 3.48. The smallest absolute Gasteiger partial charge is 0.312 e. The number of carbonyl (C=O) groups excluding carboxylic acids is 3. The molecular weight excluding hydrogens is 508 g/mol. The van der Waals surface area contributed by atoms with Crippen LogP contribution in [0, 0.1) is 25.7 Å². The number of benzene rings is 1. The molecule has 8 heteroatoms. The summed E-state index contributed by atoms with van der Waals surface area (Å²) in [5.41, 5.74) is 0.720. The molecule has 4 rings (SSSR count). The Kier molecular flexibility index (Phi) is 9.20. The van der Waals surface area contributed by atoms with E-state index in [4.69, 9.17) is 9.47 Å². The first kappa shape index (κ1) is 30.0. The van der Waals surface area contributed by atoms with Gasteiger partial charge in [0.05, 0.1) is 18.1 Å². The topological polar surface area (TPSA) is 96.4 Å². The fraction of sp³-hybridized carbons (Fsp3) is 0.594. The van der Waals surface area contributed by atoms with Crippen molar-refractivity contribution in [2.75, 3.05) is 31.2 Å². The van der Waals surface area contributed by atoms with Crippen LogP contribution in [0.2, 0.25) is 0 Å². The number of aliphatic hydroxyl groups is 1. The number of esters is 1. The molecule has 1 spiro atoms. The summed E-state index contributed by atoms with van der Waals surface area (Å²) >= 11 is 0. The van der Waals surface area contributed by atoms with Gasteiger partial charge in [-0.3, -0.25) is 14.4 Å². The van der Waals surface area contributed by atoms with E-state index in [0.29, 0.717) is 38.6 Å². The van der Waals surface area contributed by atoms with Crippen molar-refractivity contribution in [2.45, 2.75) is 83.0 Å². The summed E-state index contributed by atoms with van der Waals surface area (Å²) in [7, 11) is 0. The standard InChI is InChI=1S/C32H44N2O6/c1-6-8-12-21-39-30(38)25-24-28(36)34(19-10-9-11-20-35)27(32(24)17-16-31(25,5)40-32)29(37)33(18-7-2)26-22(3)14-13-15-23(26)4/h6-7,13-15,24-25,27,35H,1-2,8-12,16-21H2,3-5H3/t24-,25-,27?,31+,32?/m0/s1. The molecule has 0 radical (unpaired) electrons. The lowest BCUT2D eigenvalue weighted by Gasteiger charge is -2.37. The van der Waals surface area contributed by atoms with E-state index in [9.17, 15) is 19.5 Å². The number of nitrogens with zero attached hydrogens (tertiary/aromatic N) is 2. The number of fused-ring (bicyclic) bond motifs is 1. The number of rotatable bonds is 14. The molecule has 0 saturated carbocycles. The van der Waals surface area contributed by atoms with Gasteiger partial charge in [0.1, 0.15) is 17.6 Å². The Morgan fingerprint density at radius 3 is 2.52 bits per heavy atom. The van der Waals surface area contributed by atoms with Crippen LogP contribution in [0.25, 0.3) is 0 Å². The molecule has 5 atom stereocenters. The summed E-state index contributed by atoms with van der Waals surface area (Å²) in [6.07, 6.45) is 7.92. The first-order valence-corrected chi connectivity index (χ1v) is 14.5. The summed E-state index contributed by atoms with van der Waals surface area (Å²) in [4.78, 5) is 45.7. The first-order chi connectivity index (χ1) is 19.2. The summed E-state index contributed by atoms with van der Waals surface area (Å²) in [5.74, 6) is -2.44. The number of ether oxygens (including phenoxy) is 2. The molecule has 1 aromatic rings. The molecule has 3 aliphatic heterocycles. The summed E-state index contributed by atoms with van der Waals surface area (Å²) in [5, 5.41) is 9.28. The van der Waals surface area contributed by atoms with Gasteiger partial charge < -0.3 is 24.4 Å². The van der Waals surface area contributed by atoms with Gasteiger partial charge in [0, 0.05) is 25.4 Å². The van der Waals surface area contributed by atoms with Crippen molar-refractivity contribution in [2.24, 2.45) is 11.8 Å². The van der Waals surface area contributed by atoms with Crippen LogP contribution in [0.15, 0.2) is 43.5 Å². The molecule has 8 nitrogen and oxygen atoms in total. The monoisotopic (exact) mass is 552 g/mol. The number of para-hydroxylation sites is 1. The van der Waals surface area contributed by atoms with E-state index in [0.717, 1.165) is 29.7 Å². The third kappa shape index (κ3) is 5.12. The Morgan fingerprint density at radius 2 is 1.88 bits per heavy atom. The van der Waals surface area contributed by atoms with Gasteiger partial charge in [-0.2, -0.15) is 0 Å². The number of unbranched alkanes of at least 4 members (excludes halogenated alkanes) is 3. The van der Waals surface area contributed by atoms with Gasteiger partial charge in [0.2, 0.25) is 5.91 Å². The van der Waals surface area contributed by atoms with Gasteiger partial charge in [-0.15, -0.1) is 13.2 Å². The van der Waals surface area contributed by atoms with E-state index in [1.54, 1.807) is 22.0 Å². The Morgan fingerprint density at radius 1 is 1.15 bits per heavy atom. The highest BCUT2D eigenvalue weighted by Crippen LogP contribution is 2.63. The number of aryl methyl sites for hydroxylation is 2. The van der Waals surface area contributed by atoms with Crippen LogP contribution in [0.1, 0.15) is 63.0 Å². The van der Waals surface area contributed by atoms with Gasteiger partial charge in [-0.25, -0.2) is 0 Å². The number of likely N-dealkylation sites (tertiary alicyclic amines) is 1. The Labute approximate surface area is 238 Å². The van der Waals surface area contributed by atoms with Crippen molar-refractivity contribution in [3.8, 4) is 0 Å². The Bertz CT molecular complexity index is 1130. The third-order valence-electron chi connectivity index (χ3n) is 8.91. The van der Waals surface area contributed by atoms with Crippen LogP contribution >= 0.6 is 0 Å². The molecule has 0 aromatic heterocycles. The first-order valence-electron chi connectivity index (χ1n) is 14.5. The minimum atomic E-state index is -1.11. The number of aliphatic hydroxyl groups excluding tert-OH is 1. The van der Waals surface area contributed by atoms with Gasteiger partial charge in [-0.1, -0.05) is 30.4 Å². The van der Waals surface area contributed by atoms with Gasteiger partial charge in [0.15, 0.2) is 0 Å². The quantitative estimate of drug-likeness (QED) is 0.211. The van der Waals surface area contributed by atoms with Crippen LogP contribution in [0.4, 0.5) is 5.69 Å². The molecule has 3 fully saturated rings. The zero-order valence-electron chi connectivity index (χ0n) is 24.2. The summed E-state index contributed by atoms with van der Waals surface area (Å²) in [6, 6.07) is 5.02. The molecule has 1 aromatic carbocycles. The Balaban J connectivity index is 1.74. The molecule has 218 valence electrons. The highest BCUT2D eigenvalue weighted by molar-refractivity contribution is 6.05. The van der Waals surface area contributed by atoms with Crippen molar-refractivity contribution in [3.63, 3.8) is 0 Å². The van der Waals surface area contributed by atoms with E-state index in [2.05, 4.69) is 13.2 Å². The highest BCUT2D eigenvalue weighted by Gasteiger charge is 2.78. The third-order valence-corrected chi connectivity index (χ3v) is 8.91. The maximum Gasteiger partial charge on any atom is 0.312 e. The van der Waals surface area contributed by atoms with Gasteiger partial charge in [0.25, 0.3) is 5.91 Å². The average molecular weight is 553 g/mol. The number of hydrogen-bond donors (Lipinski definition) is 1. The van der Waals surface area contributed by atoms with E-state index in [1.807, 2.05) is 39.0 Å².